The third kappa shape index (κ3) is 3.82. The van der Waals surface area contributed by atoms with E-state index in [0.29, 0.717) is 6.10 Å². The highest BCUT2D eigenvalue weighted by Gasteiger charge is 2.38. The van der Waals surface area contributed by atoms with Gasteiger partial charge in [0, 0.05) is 6.61 Å². The summed E-state index contributed by atoms with van der Waals surface area (Å²) >= 11 is 0. The van der Waals surface area contributed by atoms with Crippen LogP contribution in [0, 0.1) is 23.7 Å². The molecule has 138 valence electrons. The predicted molar refractivity (Wildman–Crippen MR) is 105 cm³/mol. The van der Waals surface area contributed by atoms with E-state index in [1.165, 1.54) is 69.8 Å². The molecule has 2 saturated carbocycles. The van der Waals surface area contributed by atoms with E-state index in [1.807, 2.05) is 0 Å². The molecule has 5 unspecified atom stereocenters. The fourth-order valence-corrected chi connectivity index (χ4v) is 6.16. The monoisotopic (exact) mass is 340 g/mol. The predicted octanol–water partition coefficient (Wildman–Crippen LogP) is 5.98. The summed E-state index contributed by atoms with van der Waals surface area (Å²) in [6, 6.07) is 7.30. The number of hydrogen-bond acceptors (Lipinski definition) is 1. The smallest absolute Gasteiger partial charge is 0.0577 e. The molecule has 0 spiro atoms. The van der Waals surface area contributed by atoms with Crippen molar-refractivity contribution in [3.05, 3.63) is 34.9 Å². The van der Waals surface area contributed by atoms with Gasteiger partial charge in [-0.1, -0.05) is 25.1 Å². The number of aryl methyl sites for hydroxylation is 2. The van der Waals surface area contributed by atoms with E-state index in [2.05, 4.69) is 32.0 Å². The van der Waals surface area contributed by atoms with Crippen molar-refractivity contribution in [1.82, 2.24) is 0 Å². The van der Waals surface area contributed by atoms with Crippen LogP contribution < -0.4 is 0 Å². The zero-order chi connectivity index (χ0) is 17.2. The average Bonchev–Trinajstić information content (AvgIpc) is 2.67. The van der Waals surface area contributed by atoms with Gasteiger partial charge in [0.1, 0.15) is 0 Å². The van der Waals surface area contributed by atoms with Gasteiger partial charge in [0.05, 0.1) is 6.10 Å². The Balaban J connectivity index is 1.36. The Hall–Kier alpha value is -0.820. The zero-order valence-corrected chi connectivity index (χ0v) is 16.3. The Labute approximate surface area is 154 Å². The molecule has 3 aliphatic carbocycles. The van der Waals surface area contributed by atoms with E-state index < -0.39 is 0 Å². The van der Waals surface area contributed by atoms with Crippen LogP contribution in [0.15, 0.2) is 18.2 Å². The summed E-state index contributed by atoms with van der Waals surface area (Å²) in [4.78, 5) is 0. The van der Waals surface area contributed by atoms with E-state index in [4.69, 9.17) is 4.74 Å². The van der Waals surface area contributed by atoms with Crippen molar-refractivity contribution in [3.8, 4) is 0 Å². The summed E-state index contributed by atoms with van der Waals surface area (Å²) in [5.74, 6) is 3.90. The molecule has 0 amide bonds. The van der Waals surface area contributed by atoms with Gasteiger partial charge >= 0.3 is 0 Å². The maximum atomic E-state index is 5.93. The Morgan fingerprint density at radius 1 is 0.840 bits per heavy atom. The fraction of sp³-hybridized carbons (Fsp3) is 0.750. The van der Waals surface area contributed by atoms with Crippen molar-refractivity contribution in [2.75, 3.05) is 6.61 Å². The average molecular weight is 341 g/mol. The van der Waals surface area contributed by atoms with Gasteiger partial charge in [-0.15, -0.1) is 0 Å². The van der Waals surface area contributed by atoms with Crippen molar-refractivity contribution in [2.24, 2.45) is 23.7 Å². The van der Waals surface area contributed by atoms with Crippen molar-refractivity contribution < 1.29 is 4.74 Å². The molecule has 25 heavy (non-hydrogen) atoms. The molecule has 0 saturated heterocycles. The molecule has 0 radical (unpaired) electrons. The molecule has 0 aromatic heterocycles. The lowest BCUT2D eigenvalue weighted by Crippen LogP contribution is -2.37. The van der Waals surface area contributed by atoms with Crippen LogP contribution in [0.4, 0.5) is 0 Å². The quantitative estimate of drug-likeness (QED) is 0.655. The Morgan fingerprint density at radius 3 is 2.40 bits per heavy atom. The highest BCUT2D eigenvalue weighted by molar-refractivity contribution is 5.34. The first-order valence-electron chi connectivity index (χ1n) is 11.0. The molecule has 1 aromatic carbocycles. The second-order valence-corrected chi connectivity index (χ2v) is 8.94. The van der Waals surface area contributed by atoms with Crippen LogP contribution >= 0.6 is 0 Å². The topological polar surface area (TPSA) is 9.23 Å². The van der Waals surface area contributed by atoms with E-state index in [-0.39, 0.29) is 0 Å². The van der Waals surface area contributed by atoms with Gasteiger partial charge in [0.25, 0.3) is 0 Å². The van der Waals surface area contributed by atoms with Gasteiger partial charge in [-0.2, -0.15) is 0 Å². The van der Waals surface area contributed by atoms with E-state index in [1.54, 1.807) is 11.1 Å². The standard InChI is InChI=1S/C24H36O/c1-3-17-5-6-19-14-20(8-7-18(19)13-17)21-9-10-23-16-24(25-4-2)12-11-22(23)15-21/h5-6,13,20-24H,3-4,7-12,14-16H2,1-2H3. The number of benzene rings is 1. The van der Waals surface area contributed by atoms with Crippen LogP contribution in [0.25, 0.3) is 0 Å². The van der Waals surface area contributed by atoms with Crippen molar-refractivity contribution in [3.63, 3.8) is 0 Å². The summed E-state index contributed by atoms with van der Waals surface area (Å²) in [7, 11) is 0. The maximum absolute atomic E-state index is 5.93. The molecular formula is C24H36O. The normalized spacial score (nSPS) is 35.0. The molecule has 0 aliphatic heterocycles. The Morgan fingerprint density at radius 2 is 1.60 bits per heavy atom. The lowest BCUT2D eigenvalue weighted by Gasteiger charge is -2.44. The molecule has 2 fully saturated rings. The van der Waals surface area contributed by atoms with Crippen molar-refractivity contribution >= 4 is 0 Å². The Kier molecular flexibility index (Phi) is 5.50. The lowest BCUT2D eigenvalue weighted by atomic mass is 9.62. The molecule has 1 heteroatoms. The number of rotatable bonds is 4. The first kappa shape index (κ1) is 17.6. The third-order valence-corrected chi connectivity index (χ3v) is 7.62. The number of hydrogen-bond donors (Lipinski definition) is 0. The fourth-order valence-electron chi connectivity index (χ4n) is 6.16. The molecule has 0 heterocycles. The summed E-state index contributed by atoms with van der Waals surface area (Å²) < 4.78 is 5.93. The molecule has 5 atom stereocenters. The molecule has 1 aromatic rings. The van der Waals surface area contributed by atoms with Gasteiger partial charge in [0.2, 0.25) is 0 Å². The van der Waals surface area contributed by atoms with Gasteiger partial charge in [-0.25, -0.2) is 0 Å². The summed E-state index contributed by atoms with van der Waals surface area (Å²) in [6.45, 7) is 5.31. The van der Waals surface area contributed by atoms with Crippen LogP contribution in [-0.2, 0) is 24.0 Å². The highest BCUT2D eigenvalue weighted by Crippen LogP contribution is 2.47. The molecule has 4 rings (SSSR count). The highest BCUT2D eigenvalue weighted by atomic mass is 16.5. The van der Waals surface area contributed by atoms with Gasteiger partial charge in [0.15, 0.2) is 0 Å². The third-order valence-electron chi connectivity index (χ3n) is 7.62. The number of ether oxygens (including phenoxy) is 1. The van der Waals surface area contributed by atoms with Crippen molar-refractivity contribution in [1.29, 1.82) is 0 Å². The summed E-state index contributed by atoms with van der Waals surface area (Å²) in [5, 5.41) is 0. The van der Waals surface area contributed by atoms with E-state index in [9.17, 15) is 0 Å². The van der Waals surface area contributed by atoms with Crippen LogP contribution in [0.3, 0.4) is 0 Å². The minimum absolute atomic E-state index is 0.567. The largest absolute Gasteiger partial charge is 0.378 e. The maximum Gasteiger partial charge on any atom is 0.0577 e. The molecule has 0 bridgehead atoms. The van der Waals surface area contributed by atoms with Gasteiger partial charge < -0.3 is 4.74 Å². The molecule has 0 N–H and O–H groups in total. The van der Waals surface area contributed by atoms with Gasteiger partial charge in [-0.3, -0.25) is 0 Å². The Bertz CT molecular complexity index is 577. The minimum atomic E-state index is 0.567. The first-order valence-corrected chi connectivity index (χ1v) is 11.0. The molecular weight excluding hydrogens is 304 g/mol. The number of fused-ring (bicyclic) bond motifs is 2. The summed E-state index contributed by atoms with van der Waals surface area (Å²) in [6.07, 6.45) is 14.4. The van der Waals surface area contributed by atoms with Crippen LogP contribution in [0.5, 0.6) is 0 Å². The first-order chi connectivity index (χ1) is 12.3. The van der Waals surface area contributed by atoms with E-state index >= 15 is 0 Å². The molecule has 1 nitrogen and oxygen atoms in total. The lowest BCUT2D eigenvalue weighted by molar-refractivity contribution is -0.0192. The second-order valence-electron chi connectivity index (χ2n) is 8.94. The SMILES string of the molecule is CCOC1CCC2CC(C3CCc4cc(CC)ccc4C3)CCC2C1. The van der Waals surface area contributed by atoms with Crippen LogP contribution in [0.1, 0.15) is 75.5 Å². The summed E-state index contributed by atoms with van der Waals surface area (Å²) in [5.41, 5.74) is 4.83. The van der Waals surface area contributed by atoms with Crippen LogP contribution in [-0.4, -0.2) is 12.7 Å². The van der Waals surface area contributed by atoms with Gasteiger partial charge in [-0.05, 0) is 111 Å². The second kappa shape index (κ2) is 7.82. The van der Waals surface area contributed by atoms with Crippen molar-refractivity contribution in [2.45, 2.75) is 84.2 Å². The van der Waals surface area contributed by atoms with E-state index in [0.717, 1.165) is 30.3 Å². The molecule has 3 aliphatic rings. The van der Waals surface area contributed by atoms with Crippen LogP contribution in [0.2, 0.25) is 0 Å². The zero-order valence-electron chi connectivity index (χ0n) is 16.3. The minimum Gasteiger partial charge on any atom is -0.378 e.